The number of nitrogens with zero attached hydrogens (tertiary/aromatic N) is 3. The predicted molar refractivity (Wildman–Crippen MR) is 136 cm³/mol. The molecule has 1 amide bonds. The van der Waals surface area contributed by atoms with Crippen LogP contribution in [0.1, 0.15) is 82.3 Å². The number of likely N-dealkylation sites (tertiary alicyclic amines) is 1. The zero-order chi connectivity index (χ0) is 24.0. The monoisotopic (exact) mass is 461 g/mol. The molecule has 0 N–H and O–H groups in total. The van der Waals surface area contributed by atoms with Crippen molar-refractivity contribution < 1.29 is 9.18 Å². The lowest BCUT2D eigenvalue weighted by molar-refractivity contribution is -0.125. The van der Waals surface area contributed by atoms with E-state index < -0.39 is 0 Å². The molecule has 4 aliphatic rings. The molecule has 5 rings (SSSR count). The smallest absolute Gasteiger partial charge is 0.272 e. The quantitative estimate of drug-likeness (QED) is 0.507. The molecule has 0 bridgehead atoms. The first-order valence-corrected chi connectivity index (χ1v) is 12.8. The third kappa shape index (κ3) is 4.37. The summed E-state index contributed by atoms with van der Waals surface area (Å²) in [5, 5.41) is 0. The van der Waals surface area contributed by atoms with Crippen LogP contribution in [0.5, 0.6) is 0 Å². The van der Waals surface area contributed by atoms with Gasteiger partial charge < -0.3 is 9.80 Å². The first-order chi connectivity index (χ1) is 16.3. The van der Waals surface area contributed by atoms with Crippen molar-refractivity contribution in [2.75, 3.05) is 13.6 Å². The predicted octanol–water partition coefficient (Wildman–Crippen LogP) is 6.42. The Hall–Kier alpha value is -2.69. The molecule has 3 fully saturated rings. The Kier molecular flexibility index (Phi) is 5.99. The highest BCUT2D eigenvalue weighted by Crippen LogP contribution is 2.53. The van der Waals surface area contributed by atoms with Gasteiger partial charge in [-0.25, -0.2) is 9.38 Å². The van der Waals surface area contributed by atoms with Gasteiger partial charge in [0.05, 0.1) is 0 Å². The molecular weight excluding hydrogens is 425 g/mol. The number of hydrogen-bond donors (Lipinski definition) is 0. The van der Waals surface area contributed by atoms with E-state index in [0.29, 0.717) is 28.6 Å². The van der Waals surface area contributed by atoms with Gasteiger partial charge in [-0.1, -0.05) is 44.5 Å². The summed E-state index contributed by atoms with van der Waals surface area (Å²) >= 11 is 0. The Morgan fingerprint density at radius 3 is 2.68 bits per heavy atom. The molecule has 0 radical (unpaired) electrons. The van der Waals surface area contributed by atoms with Crippen molar-refractivity contribution in [1.29, 1.82) is 0 Å². The lowest BCUT2D eigenvalue weighted by Gasteiger charge is -2.33. The van der Waals surface area contributed by atoms with E-state index in [1.54, 1.807) is 6.07 Å². The van der Waals surface area contributed by atoms with Gasteiger partial charge in [0.1, 0.15) is 17.3 Å². The van der Waals surface area contributed by atoms with Gasteiger partial charge in [-0.2, -0.15) is 0 Å². The first-order valence-electron chi connectivity index (χ1n) is 12.8. The van der Waals surface area contributed by atoms with Gasteiger partial charge in [-0.05, 0) is 74.7 Å². The Balaban J connectivity index is 1.49. The van der Waals surface area contributed by atoms with Crippen LogP contribution in [-0.4, -0.2) is 41.1 Å². The second-order valence-corrected chi connectivity index (χ2v) is 10.9. The third-order valence-electron chi connectivity index (χ3n) is 8.06. The lowest BCUT2D eigenvalue weighted by Crippen LogP contribution is -2.43. The Bertz CT molecular complexity index is 1110. The molecule has 1 aromatic carbocycles. The van der Waals surface area contributed by atoms with Crippen molar-refractivity contribution in [3.8, 4) is 0 Å². The summed E-state index contributed by atoms with van der Waals surface area (Å²) in [6.07, 6.45) is 12.5. The summed E-state index contributed by atoms with van der Waals surface area (Å²) in [6.45, 7) is 9.35. The highest BCUT2D eigenvalue weighted by atomic mass is 19.1. The van der Waals surface area contributed by atoms with Crippen LogP contribution in [0.15, 0.2) is 53.4 Å². The fourth-order valence-electron chi connectivity index (χ4n) is 5.31. The summed E-state index contributed by atoms with van der Waals surface area (Å²) in [4.78, 5) is 22.5. The summed E-state index contributed by atoms with van der Waals surface area (Å²) in [7, 11) is 1.99. The first kappa shape index (κ1) is 23.1. The van der Waals surface area contributed by atoms with E-state index in [1.165, 1.54) is 6.42 Å². The van der Waals surface area contributed by atoms with E-state index >= 15 is 4.39 Å². The average molecular weight is 462 g/mol. The van der Waals surface area contributed by atoms with Crippen molar-refractivity contribution in [3.05, 3.63) is 65.4 Å². The highest BCUT2D eigenvalue weighted by molar-refractivity contribution is 6.43. The lowest BCUT2D eigenvalue weighted by atomic mass is 9.98. The standard InChI is InChI=1S/C29H36FN3O/c1-19(22-10-8-11-23(27(22)30)21-12-13-21)17-26-31-24(18-25(32(26)4)29(3)14-15-29)28(34)33-16-7-5-6-9-20(33)2/h8,10-11,17-18,20-21H,1,5-7,9,12-16H2,2-4H3/b26-17-. The molecule has 0 aromatic heterocycles. The molecular formula is C29H36FN3O. The van der Waals surface area contributed by atoms with Gasteiger partial charge in [-0.15, -0.1) is 0 Å². The van der Waals surface area contributed by atoms with Crippen LogP contribution >= 0.6 is 0 Å². The number of benzene rings is 1. The van der Waals surface area contributed by atoms with Crippen molar-refractivity contribution in [1.82, 2.24) is 9.80 Å². The van der Waals surface area contributed by atoms with Crippen LogP contribution in [0.4, 0.5) is 4.39 Å². The molecule has 2 aliphatic carbocycles. The fourth-order valence-corrected chi connectivity index (χ4v) is 5.31. The number of carbonyl (C=O) groups is 1. The Morgan fingerprint density at radius 1 is 1.21 bits per heavy atom. The van der Waals surface area contributed by atoms with E-state index in [4.69, 9.17) is 4.99 Å². The number of amides is 1. The molecule has 1 atom stereocenters. The van der Waals surface area contributed by atoms with E-state index in [0.717, 1.165) is 62.8 Å². The van der Waals surface area contributed by atoms with Crippen LogP contribution in [0.25, 0.3) is 5.57 Å². The normalized spacial score (nSPS) is 25.5. The Labute approximate surface area is 202 Å². The molecule has 180 valence electrons. The molecule has 1 unspecified atom stereocenters. The number of carbonyl (C=O) groups excluding carboxylic acids is 1. The molecule has 5 heteroatoms. The van der Waals surface area contributed by atoms with Crippen molar-refractivity contribution >= 4 is 17.2 Å². The minimum atomic E-state index is -0.172. The zero-order valence-electron chi connectivity index (χ0n) is 20.7. The van der Waals surface area contributed by atoms with E-state index in [-0.39, 0.29) is 23.2 Å². The maximum atomic E-state index is 15.3. The second kappa shape index (κ2) is 8.83. The van der Waals surface area contributed by atoms with Gasteiger partial charge in [0.2, 0.25) is 0 Å². The zero-order valence-corrected chi connectivity index (χ0v) is 20.7. The van der Waals surface area contributed by atoms with Crippen LogP contribution in [0.2, 0.25) is 0 Å². The number of halogens is 1. The maximum absolute atomic E-state index is 15.3. The molecule has 2 saturated carbocycles. The topological polar surface area (TPSA) is 35.9 Å². The number of rotatable bonds is 5. The molecule has 1 aromatic rings. The Morgan fingerprint density at radius 2 is 1.97 bits per heavy atom. The summed E-state index contributed by atoms with van der Waals surface area (Å²) in [5.41, 5.74) is 3.54. The molecule has 2 aliphatic heterocycles. The number of allylic oxidation sites excluding steroid dienone is 3. The van der Waals surface area contributed by atoms with Gasteiger partial charge in [0.25, 0.3) is 5.91 Å². The SMILES string of the molecule is C=C(/C=C1/N=C(C(=O)N2CCCCCC2C)C=C(C2(C)CC2)N1C)c1cccc(C2CC2)c1F. The van der Waals surface area contributed by atoms with Crippen molar-refractivity contribution in [3.63, 3.8) is 0 Å². The maximum Gasteiger partial charge on any atom is 0.272 e. The van der Waals surface area contributed by atoms with Gasteiger partial charge >= 0.3 is 0 Å². The van der Waals surface area contributed by atoms with Gasteiger partial charge in [0.15, 0.2) is 0 Å². The van der Waals surface area contributed by atoms with Gasteiger partial charge in [-0.3, -0.25) is 4.79 Å². The van der Waals surface area contributed by atoms with Crippen molar-refractivity contribution in [2.45, 2.75) is 77.2 Å². The average Bonchev–Trinajstić information content (AvgIpc) is 3.72. The third-order valence-corrected chi connectivity index (χ3v) is 8.06. The molecule has 2 heterocycles. The molecule has 4 nitrogen and oxygen atoms in total. The summed E-state index contributed by atoms with van der Waals surface area (Å²) in [5.74, 6) is 0.814. The van der Waals surface area contributed by atoms with Crippen molar-refractivity contribution in [2.24, 2.45) is 10.4 Å². The highest BCUT2D eigenvalue weighted by Gasteiger charge is 2.45. The minimum Gasteiger partial charge on any atom is -0.335 e. The summed E-state index contributed by atoms with van der Waals surface area (Å²) < 4.78 is 15.3. The van der Waals surface area contributed by atoms with Crippen LogP contribution in [-0.2, 0) is 4.79 Å². The molecule has 0 spiro atoms. The van der Waals surface area contributed by atoms with Crippen LogP contribution in [0, 0.1) is 11.2 Å². The van der Waals surface area contributed by atoms with Crippen LogP contribution < -0.4 is 0 Å². The largest absolute Gasteiger partial charge is 0.335 e. The second-order valence-electron chi connectivity index (χ2n) is 10.9. The van der Waals surface area contributed by atoms with E-state index in [1.807, 2.05) is 36.2 Å². The fraction of sp³-hybridized carbons (Fsp3) is 0.517. The minimum absolute atomic E-state index is 0.00248. The van der Waals surface area contributed by atoms with E-state index in [9.17, 15) is 4.79 Å². The number of hydrogen-bond acceptors (Lipinski definition) is 3. The van der Waals surface area contributed by atoms with Gasteiger partial charge in [0, 0.05) is 36.3 Å². The molecule has 34 heavy (non-hydrogen) atoms. The molecule has 1 saturated heterocycles. The van der Waals surface area contributed by atoms with Crippen LogP contribution in [0.3, 0.4) is 0 Å². The summed E-state index contributed by atoms with van der Waals surface area (Å²) in [6, 6.07) is 5.80. The number of aliphatic imine (C=N–C) groups is 1. The van der Waals surface area contributed by atoms with E-state index in [2.05, 4.69) is 25.3 Å².